The van der Waals surface area contributed by atoms with Crippen LogP contribution >= 0.6 is 23.4 Å². The number of thioether (sulfide) groups is 1. The third-order valence-electron chi connectivity index (χ3n) is 3.04. The van der Waals surface area contributed by atoms with Gasteiger partial charge in [0.25, 0.3) is 0 Å². The van der Waals surface area contributed by atoms with Crippen molar-refractivity contribution in [3.63, 3.8) is 0 Å². The number of hydrogen-bond acceptors (Lipinski definition) is 9. The van der Waals surface area contributed by atoms with Gasteiger partial charge in [-0.3, -0.25) is 0 Å². The van der Waals surface area contributed by atoms with Crippen molar-refractivity contribution in [2.75, 3.05) is 30.6 Å². The standard InChI is InChI=1S/C15H15ClN6O2S2/c1-22(2)14-19-13(20-15(21-14)25-3)18-9-10(8-17)26(23,24)12-7-5-4-6-11(12)16/h4-7,9H,1-3H3,(H,18,19,20,21)/b10-9+. The summed E-state index contributed by atoms with van der Waals surface area (Å²) < 4.78 is 25.2. The molecule has 0 spiro atoms. The Labute approximate surface area is 160 Å². The lowest BCUT2D eigenvalue weighted by atomic mass is 10.4. The highest BCUT2D eigenvalue weighted by atomic mass is 35.5. The van der Waals surface area contributed by atoms with E-state index in [1.165, 1.54) is 30.0 Å². The number of hydrogen-bond donors (Lipinski definition) is 1. The lowest BCUT2D eigenvalue weighted by molar-refractivity contribution is 0.603. The van der Waals surface area contributed by atoms with Crippen LogP contribution in [0.4, 0.5) is 11.9 Å². The van der Waals surface area contributed by atoms with E-state index in [0.29, 0.717) is 11.1 Å². The summed E-state index contributed by atoms with van der Waals surface area (Å²) in [5.41, 5.74) is 0. The van der Waals surface area contributed by atoms with Gasteiger partial charge in [0.1, 0.15) is 6.07 Å². The van der Waals surface area contributed by atoms with Gasteiger partial charge in [0.15, 0.2) is 10.1 Å². The summed E-state index contributed by atoms with van der Waals surface area (Å²) in [5, 5.41) is 12.4. The fraction of sp³-hybridized carbons (Fsp3) is 0.200. The van der Waals surface area contributed by atoms with Crippen molar-refractivity contribution in [2.45, 2.75) is 10.1 Å². The first-order chi connectivity index (χ1) is 12.3. The molecule has 1 N–H and O–H groups in total. The van der Waals surface area contributed by atoms with Crippen LogP contribution in [0.1, 0.15) is 0 Å². The minimum Gasteiger partial charge on any atom is -0.347 e. The molecule has 0 fully saturated rings. The SMILES string of the molecule is CSc1nc(N/C=C(\C#N)S(=O)(=O)c2ccccc2Cl)nc(N(C)C)n1. The smallest absolute Gasteiger partial charge is 0.232 e. The molecule has 1 heterocycles. The molecule has 8 nitrogen and oxygen atoms in total. The molecule has 0 aliphatic carbocycles. The molecule has 136 valence electrons. The second-order valence-corrected chi connectivity index (χ2v) is 8.11. The van der Waals surface area contributed by atoms with E-state index in [4.69, 9.17) is 11.6 Å². The van der Waals surface area contributed by atoms with Crippen molar-refractivity contribution in [3.05, 3.63) is 40.4 Å². The largest absolute Gasteiger partial charge is 0.347 e. The minimum absolute atomic E-state index is 0.0355. The minimum atomic E-state index is -4.08. The maximum atomic E-state index is 12.6. The van der Waals surface area contributed by atoms with Crippen molar-refractivity contribution < 1.29 is 8.42 Å². The Morgan fingerprint density at radius 3 is 2.58 bits per heavy atom. The number of sulfone groups is 1. The molecular weight excluding hydrogens is 396 g/mol. The fourth-order valence-electron chi connectivity index (χ4n) is 1.78. The first-order valence-electron chi connectivity index (χ1n) is 7.13. The van der Waals surface area contributed by atoms with Gasteiger partial charge in [0.05, 0.1) is 9.92 Å². The first kappa shape index (κ1) is 20.0. The Kier molecular flexibility index (Phi) is 6.42. The molecule has 0 aliphatic heterocycles. The van der Waals surface area contributed by atoms with E-state index in [1.54, 1.807) is 37.4 Å². The highest BCUT2D eigenvalue weighted by molar-refractivity contribution is 7.98. The number of nitriles is 1. The third kappa shape index (κ3) is 4.43. The van der Waals surface area contributed by atoms with Crippen LogP contribution in [0.3, 0.4) is 0 Å². The second-order valence-electron chi connectivity index (χ2n) is 5.04. The lowest BCUT2D eigenvalue weighted by Crippen LogP contribution is -2.15. The van der Waals surface area contributed by atoms with Gasteiger partial charge >= 0.3 is 0 Å². The van der Waals surface area contributed by atoms with Gasteiger partial charge in [-0.2, -0.15) is 20.2 Å². The van der Waals surface area contributed by atoms with Crippen LogP contribution in [0.15, 0.2) is 45.4 Å². The average molecular weight is 411 g/mol. The molecule has 0 saturated heterocycles. The molecule has 0 bridgehead atoms. The highest BCUT2D eigenvalue weighted by Crippen LogP contribution is 2.26. The normalized spacial score (nSPS) is 11.7. The Hall–Kier alpha value is -2.35. The highest BCUT2D eigenvalue weighted by Gasteiger charge is 2.23. The molecule has 26 heavy (non-hydrogen) atoms. The number of anilines is 2. The van der Waals surface area contributed by atoms with Crippen molar-refractivity contribution in [1.29, 1.82) is 5.26 Å². The van der Waals surface area contributed by atoms with Gasteiger partial charge in [-0.25, -0.2) is 8.42 Å². The van der Waals surface area contributed by atoms with Crippen molar-refractivity contribution in [2.24, 2.45) is 0 Å². The van der Waals surface area contributed by atoms with Crippen molar-refractivity contribution in [1.82, 2.24) is 15.0 Å². The first-order valence-corrected chi connectivity index (χ1v) is 10.2. The number of benzene rings is 1. The summed E-state index contributed by atoms with van der Waals surface area (Å²) >= 11 is 7.25. The Bertz CT molecular complexity index is 986. The van der Waals surface area contributed by atoms with E-state index in [0.717, 1.165) is 6.20 Å². The van der Waals surface area contributed by atoms with Gasteiger partial charge in [0.2, 0.25) is 21.7 Å². The van der Waals surface area contributed by atoms with Crippen LogP contribution in [0.2, 0.25) is 5.02 Å². The molecule has 0 unspecified atom stereocenters. The summed E-state index contributed by atoms with van der Waals surface area (Å²) in [6.07, 6.45) is 2.84. The number of halogens is 1. The third-order valence-corrected chi connectivity index (χ3v) is 5.76. The van der Waals surface area contributed by atoms with Gasteiger partial charge in [-0.15, -0.1) is 0 Å². The molecule has 0 saturated carbocycles. The predicted molar refractivity (Wildman–Crippen MR) is 102 cm³/mol. The van der Waals surface area contributed by atoms with Crippen molar-refractivity contribution >= 4 is 45.1 Å². The predicted octanol–water partition coefficient (Wildman–Crippen LogP) is 2.56. The molecule has 0 amide bonds. The van der Waals surface area contributed by atoms with Gasteiger partial charge in [-0.1, -0.05) is 35.5 Å². The van der Waals surface area contributed by atoms with E-state index in [9.17, 15) is 13.7 Å². The number of allylic oxidation sites excluding steroid dienone is 1. The van der Waals surface area contributed by atoms with Crippen LogP contribution in [0, 0.1) is 11.3 Å². The number of nitrogens with one attached hydrogen (secondary N) is 1. The van der Waals surface area contributed by atoms with Crippen LogP contribution in [0.25, 0.3) is 0 Å². The monoisotopic (exact) mass is 410 g/mol. The van der Waals surface area contributed by atoms with Gasteiger partial charge in [0, 0.05) is 20.3 Å². The molecule has 2 aromatic rings. The molecule has 0 atom stereocenters. The van der Waals surface area contributed by atoms with Crippen molar-refractivity contribution in [3.8, 4) is 6.07 Å². The molecule has 2 rings (SSSR count). The fourth-order valence-corrected chi connectivity index (χ4v) is 3.73. The lowest BCUT2D eigenvalue weighted by Gasteiger charge is -2.12. The Morgan fingerprint density at radius 1 is 1.31 bits per heavy atom. The second kappa shape index (κ2) is 8.35. The van der Waals surface area contributed by atoms with Gasteiger partial charge < -0.3 is 10.2 Å². The van der Waals surface area contributed by atoms with Crippen LogP contribution in [-0.4, -0.2) is 43.7 Å². The summed E-state index contributed by atoms with van der Waals surface area (Å²) in [4.78, 5) is 13.5. The molecule has 0 aliphatic rings. The summed E-state index contributed by atoms with van der Waals surface area (Å²) in [5.74, 6) is 0.517. The molecular formula is C15H15ClN6O2S2. The number of nitrogens with zero attached hydrogens (tertiary/aromatic N) is 5. The molecule has 11 heteroatoms. The maximum Gasteiger partial charge on any atom is 0.232 e. The van der Waals surface area contributed by atoms with E-state index in [2.05, 4.69) is 20.3 Å². The summed E-state index contributed by atoms with van der Waals surface area (Å²) in [7, 11) is -0.544. The zero-order valence-electron chi connectivity index (χ0n) is 14.1. The molecule has 1 aromatic heterocycles. The summed E-state index contributed by atoms with van der Waals surface area (Å²) in [6.45, 7) is 0. The zero-order valence-corrected chi connectivity index (χ0v) is 16.5. The zero-order chi connectivity index (χ0) is 19.3. The Balaban J connectivity index is 2.41. The summed E-state index contributed by atoms with van der Waals surface area (Å²) in [6, 6.07) is 7.58. The van der Waals surface area contributed by atoms with E-state index in [1.807, 2.05) is 0 Å². The van der Waals surface area contributed by atoms with Crippen LogP contribution in [0.5, 0.6) is 0 Å². The molecule has 1 aromatic carbocycles. The number of aromatic nitrogens is 3. The van der Waals surface area contributed by atoms with Crippen LogP contribution in [-0.2, 0) is 9.84 Å². The van der Waals surface area contributed by atoms with Crippen LogP contribution < -0.4 is 10.2 Å². The Morgan fingerprint density at radius 2 is 2.00 bits per heavy atom. The van der Waals surface area contributed by atoms with E-state index < -0.39 is 14.7 Å². The van der Waals surface area contributed by atoms with E-state index in [-0.39, 0.29) is 15.9 Å². The van der Waals surface area contributed by atoms with E-state index >= 15 is 0 Å². The van der Waals surface area contributed by atoms with Gasteiger partial charge in [-0.05, 0) is 18.4 Å². The quantitative estimate of drug-likeness (QED) is 0.566. The molecule has 0 radical (unpaired) electrons. The average Bonchev–Trinajstić information content (AvgIpc) is 2.61. The topological polar surface area (TPSA) is 112 Å². The maximum absolute atomic E-state index is 12.6. The number of rotatable bonds is 6.